The molecule has 6 heteroatoms. The molecule has 0 aromatic heterocycles. The third-order valence-electron chi connectivity index (χ3n) is 4.50. The molecule has 0 saturated heterocycles. The van der Waals surface area contributed by atoms with Crippen LogP contribution < -0.4 is 20.1 Å². The van der Waals surface area contributed by atoms with Gasteiger partial charge in [-0.3, -0.25) is 4.79 Å². The van der Waals surface area contributed by atoms with Gasteiger partial charge in [-0.15, -0.1) is 12.4 Å². The predicted octanol–water partition coefficient (Wildman–Crippen LogP) is 2.98. The van der Waals surface area contributed by atoms with Crippen LogP contribution in [0, 0.1) is 0 Å². The minimum absolute atomic E-state index is 0. The van der Waals surface area contributed by atoms with Gasteiger partial charge in [0.05, 0.1) is 14.2 Å². The van der Waals surface area contributed by atoms with E-state index in [1.165, 1.54) is 11.1 Å². The summed E-state index contributed by atoms with van der Waals surface area (Å²) in [6.45, 7) is 2.40. The highest BCUT2D eigenvalue weighted by Gasteiger charge is 2.11. The molecule has 0 radical (unpaired) electrons. The van der Waals surface area contributed by atoms with E-state index < -0.39 is 0 Å². The number of hydrogen-bond acceptors (Lipinski definition) is 4. The van der Waals surface area contributed by atoms with Crippen LogP contribution in [0.25, 0.3) is 0 Å². The molecule has 1 amide bonds. The molecule has 0 unspecified atom stereocenters. The highest BCUT2D eigenvalue weighted by atomic mass is 35.5. The van der Waals surface area contributed by atoms with Gasteiger partial charge < -0.3 is 20.1 Å². The van der Waals surface area contributed by atoms with Crippen LogP contribution in [0.5, 0.6) is 11.5 Å². The van der Waals surface area contributed by atoms with Crippen LogP contribution in [0.1, 0.15) is 28.7 Å². The number of rotatable bonds is 7. The van der Waals surface area contributed by atoms with Crippen molar-refractivity contribution in [2.24, 2.45) is 0 Å². The fraction of sp³-hybridized carbons (Fsp3) is 0.350. The molecule has 140 valence electrons. The molecule has 0 spiro atoms. The predicted molar refractivity (Wildman–Crippen MR) is 104 cm³/mol. The van der Waals surface area contributed by atoms with Crippen LogP contribution in [0.15, 0.2) is 36.4 Å². The van der Waals surface area contributed by atoms with Crippen molar-refractivity contribution in [3.8, 4) is 11.5 Å². The SMILES string of the molecule is COc1ccc(OC)c(CCC(=O)NCc2ccc3c(c2)CNC3)c1.Cl. The van der Waals surface area contributed by atoms with E-state index in [2.05, 4.69) is 28.8 Å². The Balaban J connectivity index is 0.00000243. The Hall–Kier alpha value is -2.24. The Kier molecular flexibility index (Phi) is 7.30. The molecule has 1 aliphatic heterocycles. The average Bonchev–Trinajstić information content (AvgIpc) is 3.12. The van der Waals surface area contributed by atoms with E-state index in [-0.39, 0.29) is 18.3 Å². The molecular weight excluding hydrogens is 352 g/mol. The number of halogens is 1. The summed E-state index contributed by atoms with van der Waals surface area (Å²) < 4.78 is 10.6. The number of aryl methyl sites for hydroxylation is 1. The zero-order valence-electron chi connectivity index (χ0n) is 15.1. The quantitative estimate of drug-likeness (QED) is 0.780. The second-order valence-corrected chi connectivity index (χ2v) is 6.16. The summed E-state index contributed by atoms with van der Waals surface area (Å²) in [6, 6.07) is 12.0. The number of nitrogens with one attached hydrogen (secondary N) is 2. The lowest BCUT2D eigenvalue weighted by molar-refractivity contribution is -0.121. The first-order chi connectivity index (χ1) is 12.2. The van der Waals surface area contributed by atoms with E-state index >= 15 is 0 Å². The van der Waals surface area contributed by atoms with Crippen LogP contribution in [0.4, 0.5) is 0 Å². The lowest BCUT2D eigenvalue weighted by Gasteiger charge is -2.11. The summed E-state index contributed by atoms with van der Waals surface area (Å²) in [7, 11) is 3.26. The van der Waals surface area contributed by atoms with Gasteiger partial charge in [0.1, 0.15) is 11.5 Å². The first kappa shape index (κ1) is 20.1. The maximum atomic E-state index is 12.2. The molecule has 2 aromatic carbocycles. The van der Waals surface area contributed by atoms with Gasteiger partial charge in [-0.25, -0.2) is 0 Å². The summed E-state index contributed by atoms with van der Waals surface area (Å²) in [5, 5.41) is 6.32. The molecule has 2 N–H and O–H groups in total. The van der Waals surface area contributed by atoms with Crippen LogP contribution in [0.3, 0.4) is 0 Å². The average molecular weight is 377 g/mol. The maximum Gasteiger partial charge on any atom is 0.220 e. The third-order valence-corrected chi connectivity index (χ3v) is 4.50. The molecule has 3 rings (SSSR count). The Morgan fingerprint density at radius 3 is 2.65 bits per heavy atom. The first-order valence-electron chi connectivity index (χ1n) is 8.48. The normalized spacial score (nSPS) is 12.1. The van der Waals surface area contributed by atoms with Crippen LogP contribution >= 0.6 is 12.4 Å². The second kappa shape index (κ2) is 9.46. The highest BCUT2D eigenvalue weighted by molar-refractivity contribution is 5.85. The first-order valence-corrected chi connectivity index (χ1v) is 8.48. The molecule has 0 saturated carbocycles. The molecule has 5 nitrogen and oxygen atoms in total. The number of carbonyl (C=O) groups excluding carboxylic acids is 1. The van der Waals surface area contributed by atoms with E-state index in [4.69, 9.17) is 9.47 Å². The van der Waals surface area contributed by atoms with Crippen molar-refractivity contribution < 1.29 is 14.3 Å². The van der Waals surface area contributed by atoms with E-state index in [1.807, 2.05) is 18.2 Å². The van der Waals surface area contributed by atoms with Crippen LogP contribution in [-0.4, -0.2) is 20.1 Å². The second-order valence-electron chi connectivity index (χ2n) is 6.16. The van der Waals surface area contributed by atoms with Gasteiger partial charge >= 0.3 is 0 Å². The molecular formula is C20H25ClN2O3. The summed E-state index contributed by atoms with van der Waals surface area (Å²) in [4.78, 5) is 12.2. The fourth-order valence-electron chi connectivity index (χ4n) is 3.07. The molecule has 1 heterocycles. The monoisotopic (exact) mass is 376 g/mol. The third kappa shape index (κ3) is 4.90. The Morgan fingerprint density at radius 1 is 1.08 bits per heavy atom. The fourth-order valence-corrected chi connectivity index (χ4v) is 3.07. The van der Waals surface area contributed by atoms with Crippen molar-refractivity contribution in [1.82, 2.24) is 10.6 Å². The largest absolute Gasteiger partial charge is 0.497 e. The van der Waals surface area contributed by atoms with Gasteiger partial charge in [0.15, 0.2) is 0 Å². The molecule has 0 bridgehead atoms. The Labute approximate surface area is 160 Å². The standard InChI is InChI=1S/C20H24N2O3.ClH/c1-24-18-6-7-19(25-2)15(10-18)5-8-20(23)22-11-14-3-4-16-12-21-13-17(16)9-14;/h3-4,6-7,9-10,21H,5,8,11-13H2,1-2H3,(H,22,23);1H. The lowest BCUT2D eigenvalue weighted by atomic mass is 10.1. The van der Waals surface area contributed by atoms with Crippen molar-refractivity contribution >= 4 is 18.3 Å². The van der Waals surface area contributed by atoms with Crippen molar-refractivity contribution in [3.05, 3.63) is 58.7 Å². The molecule has 26 heavy (non-hydrogen) atoms. The number of carbonyl (C=O) groups is 1. The van der Waals surface area contributed by atoms with Gasteiger partial charge in [0.2, 0.25) is 5.91 Å². The van der Waals surface area contributed by atoms with E-state index in [9.17, 15) is 4.79 Å². The van der Waals surface area contributed by atoms with Gasteiger partial charge in [0, 0.05) is 26.1 Å². The molecule has 1 aliphatic rings. The smallest absolute Gasteiger partial charge is 0.220 e. The maximum absolute atomic E-state index is 12.2. The van der Waals surface area contributed by atoms with E-state index in [1.54, 1.807) is 14.2 Å². The van der Waals surface area contributed by atoms with Crippen molar-refractivity contribution in [1.29, 1.82) is 0 Å². The molecule has 0 aliphatic carbocycles. The van der Waals surface area contributed by atoms with Gasteiger partial charge in [-0.05, 0) is 46.9 Å². The van der Waals surface area contributed by atoms with Gasteiger partial charge in [-0.2, -0.15) is 0 Å². The summed E-state index contributed by atoms with van der Waals surface area (Å²) in [6.07, 6.45) is 1.02. The topological polar surface area (TPSA) is 59.6 Å². The van der Waals surface area contributed by atoms with Gasteiger partial charge in [0.25, 0.3) is 0 Å². The summed E-state index contributed by atoms with van der Waals surface area (Å²) in [5.74, 6) is 1.58. The van der Waals surface area contributed by atoms with Crippen molar-refractivity contribution in [2.45, 2.75) is 32.5 Å². The summed E-state index contributed by atoms with van der Waals surface area (Å²) >= 11 is 0. The zero-order chi connectivity index (χ0) is 17.6. The lowest BCUT2D eigenvalue weighted by Crippen LogP contribution is -2.23. The number of amides is 1. The Morgan fingerprint density at radius 2 is 1.88 bits per heavy atom. The van der Waals surface area contributed by atoms with Crippen LogP contribution in [0.2, 0.25) is 0 Å². The number of benzene rings is 2. The van der Waals surface area contributed by atoms with Gasteiger partial charge in [-0.1, -0.05) is 18.2 Å². The van der Waals surface area contributed by atoms with E-state index in [0.29, 0.717) is 19.4 Å². The molecule has 2 aromatic rings. The minimum atomic E-state index is 0. The summed E-state index contributed by atoms with van der Waals surface area (Å²) in [5.41, 5.74) is 4.78. The minimum Gasteiger partial charge on any atom is -0.497 e. The number of hydrogen-bond donors (Lipinski definition) is 2. The number of ether oxygens (including phenoxy) is 2. The number of methoxy groups -OCH3 is 2. The van der Waals surface area contributed by atoms with E-state index in [0.717, 1.165) is 35.7 Å². The molecule has 0 atom stereocenters. The number of fused-ring (bicyclic) bond motifs is 1. The van der Waals surface area contributed by atoms with Crippen molar-refractivity contribution in [3.63, 3.8) is 0 Å². The van der Waals surface area contributed by atoms with Crippen LogP contribution in [-0.2, 0) is 30.8 Å². The van der Waals surface area contributed by atoms with Crippen molar-refractivity contribution in [2.75, 3.05) is 14.2 Å². The Bertz CT molecular complexity index is 765. The zero-order valence-corrected chi connectivity index (χ0v) is 15.9. The molecule has 0 fully saturated rings. The highest BCUT2D eigenvalue weighted by Crippen LogP contribution is 2.25.